The zero-order chi connectivity index (χ0) is 12.5. The van der Waals surface area contributed by atoms with Gasteiger partial charge in [-0.25, -0.2) is 0 Å². The van der Waals surface area contributed by atoms with Crippen molar-refractivity contribution >= 4 is 5.69 Å². The molecule has 17 heavy (non-hydrogen) atoms. The summed E-state index contributed by atoms with van der Waals surface area (Å²) in [5, 5.41) is 20.4. The molecule has 1 N–H and O–H groups in total. The second-order valence-electron chi connectivity index (χ2n) is 3.57. The van der Waals surface area contributed by atoms with Gasteiger partial charge >= 0.3 is 0 Å². The van der Waals surface area contributed by atoms with Crippen molar-refractivity contribution in [1.82, 2.24) is 0 Å². The lowest BCUT2D eigenvalue weighted by atomic mass is 10.2. The molecule has 4 heteroatoms. The smallest absolute Gasteiger partial charge is 0.143 e. The molecule has 0 heterocycles. The van der Waals surface area contributed by atoms with Gasteiger partial charge in [-0.3, -0.25) is 0 Å². The van der Waals surface area contributed by atoms with Crippen LogP contribution >= 0.6 is 0 Å². The van der Waals surface area contributed by atoms with Gasteiger partial charge in [-0.2, -0.15) is 10.5 Å². The van der Waals surface area contributed by atoms with Crippen LogP contribution in [0.15, 0.2) is 18.2 Å². The van der Waals surface area contributed by atoms with E-state index in [1.165, 1.54) is 0 Å². The Morgan fingerprint density at radius 1 is 1.29 bits per heavy atom. The highest BCUT2D eigenvalue weighted by atomic mass is 16.5. The number of nitrogens with one attached hydrogen (secondary N) is 1. The van der Waals surface area contributed by atoms with Crippen molar-refractivity contribution in [2.24, 2.45) is 0 Å². The first-order chi connectivity index (χ1) is 8.31. The topological polar surface area (TPSA) is 68.8 Å². The lowest BCUT2D eigenvalue weighted by Crippen LogP contribution is -2.03. The lowest BCUT2D eigenvalue weighted by Gasteiger charge is -2.10. The maximum atomic E-state index is 8.77. The molecule has 0 atom stereocenters. The summed E-state index contributed by atoms with van der Waals surface area (Å²) in [6, 6.07) is 9.48. The fourth-order valence-corrected chi connectivity index (χ4v) is 1.46. The van der Waals surface area contributed by atoms with Gasteiger partial charge in [0, 0.05) is 19.0 Å². The summed E-state index contributed by atoms with van der Waals surface area (Å²) in [7, 11) is 1.58. The Labute approximate surface area is 101 Å². The van der Waals surface area contributed by atoms with E-state index in [0.717, 1.165) is 25.1 Å². The minimum atomic E-state index is 0.580. The Morgan fingerprint density at radius 2 is 2.12 bits per heavy atom. The molecule has 0 aliphatic rings. The molecule has 1 aromatic rings. The van der Waals surface area contributed by atoms with Crippen molar-refractivity contribution in [3.63, 3.8) is 0 Å². The molecule has 0 saturated carbocycles. The number of ether oxygens (including phenoxy) is 1. The largest absolute Gasteiger partial charge is 0.495 e. The van der Waals surface area contributed by atoms with E-state index >= 15 is 0 Å². The standard InChI is InChI=1S/C13H15N3O/c1-17-13-9-11(10-15)5-6-12(13)16-8-4-2-3-7-14/h5-6,9,16H,2-4,8H2,1H3. The molecule has 0 saturated heterocycles. The summed E-state index contributed by atoms with van der Waals surface area (Å²) in [6.07, 6.45) is 2.42. The molecule has 0 radical (unpaired) electrons. The van der Waals surface area contributed by atoms with Gasteiger partial charge < -0.3 is 10.1 Å². The summed E-state index contributed by atoms with van der Waals surface area (Å²) in [5.41, 5.74) is 1.46. The van der Waals surface area contributed by atoms with Crippen LogP contribution < -0.4 is 10.1 Å². The number of nitriles is 2. The normalized spacial score (nSPS) is 9.12. The van der Waals surface area contributed by atoms with Gasteiger partial charge in [0.1, 0.15) is 5.75 Å². The number of rotatable bonds is 6. The number of hydrogen-bond acceptors (Lipinski definition) is 4. The number of methoxy groups -OCH3 is 1. The number of hydrogen-bond donors (Lipinski definition) is 1. The predicted molar refractivity (Wildman–Crippen MR) is 65.7 cm³/mol. The molecule has 1 rings (SSSR count). The minimum Gasteiger partial charge on any atom is -0.495 e. The lowest BCUT2D eigenvalue weighted by molar-refractivity contribution is 0.416. The zero-order valence-electron chi connectivity index (χ0n) is 9.86. The molecule has 4 nitrogen and oxygen atoms in total. The first-order valence-electron chi connectivity index (χ1n) is 5.50. The molecule has 0 fully saturated rings. The van der Waals surface area contributed by atoms with E-state index < -0.39 is 0 Å². The van der Waals surface area contributed by atoms with E-state index in [4.69, 9.17) is 15.3 Å². The molecular weight excluding hydrogens is 214 g/mol. The molecule has 0 aromatic heterocycles. The SMILES string of the molecule is COc1cc(C#N)ccc1NCCCCC#N. The Hall–Kier alpha value is -2.20. The quantitative estimate of drug-likeness (QED) is 0.761. The van der Waals surface area contributed by atoms with E-state index in [1.807, 2.05) is 6.07 Å². The number of benzene rings is 1. The van der Waals surface area contributed by atoms with Crippen LogP contribution in [0, 0.1) is 22.7 Å². The van der Waals surface area contributed by atoms with Gasteiger partial charge in [-0.15, -0.1) is 0 Å². The van der Waals surface area contributed by atoms with Gasteiger partial charge in [0.25, 0.3) is 0 Å². The second-order valence-corrected chi connectivity index (χ2v) is 3.57. The number of nitrogens with zero attached hydrogens (tertiary/aromatic N) is 2. The first-order valence-corrected chi connectivity index (χ1v) is 5.50. The van der Waals surface area contributed by atoms with Crippen LogP contribution in [0.25, 0.3) is 0 Å². The van der Waals surface area contributed by atoms with Gasteiger partial charge in [0.2, 0.25) is 0 Å². The van der Waals surface area contributed by atoms with Crippen molar-refractivity contribution in [3.8, 4) is 17.9 Å². The van der Waals surface area contributed by atoms with Crippen LogP contribution in [0.3, 0.4) is 0 Å². The highest BCUT2D eigenvalue weighted by Crippen LogP contribution is 2.25. The monoisotopic (exact) mass is 229 g/mol. The van der Waals surface area contributed by atoms with Crippen LogP contribution in [-0.2, 0) is 0 Å². The Kier molecular flexibility index (Phi) is 5.40. The van der Waals surface area contributed by atoms with Crippen LogP contribution in [0.2, 0.25) is 0 Å². The molecule has 88 valence electrons. The number of unbranched alkanes of at least 4 members (excludes halogenated alkanes) is 2. The Balaban J connectivity index is 2.53. The average molecular weight is 229 g/mol. The van der Waals surface area contributed by atoms with Crippen molar-refractivity contribution < 1.29 is 4.74 Å². The van der Waals surface area contributed by atoms with Crippen molar-refractivity contribution in [2.75, 3.05) is 19.0 Å². The maximum Gasteiger partial charge on any atom is 0.143 e. The predicted octanol–water partition coefficient (Wildman–Crippen LogP) is 2.67. The van der Waals surface area contributed by atoms with Gasteiger partial charge in [-0.1, -0.05) is 0 Å². The van der Waals surface area contributed by atoms with E-state index in [2.05, 4.69) is 17.5 Å². The summed E-state index contributed by atoms with van der Waals surface area (Å²) < 4.78 is 5.20. The fourth-order valence-electron chi connectivity index (χ4n) is 1.46. The molecule has 1 aromatic carbocycles. The van der Waals surface area contributed by atoms with Crippen molar-refractivity contribution in [1.29, 1.82) is 10.5 Å². The molecule has 0 amide bonds. The van der Waals surface area contributed by atoms with E-state index in [0.29, 0.717) is 17.7 Å². The molecular formula is C13H15N3O. The third-order valence-corrected chi connectivity index (χ3v) is 2.36. The fraction of sp³-hybridized carbons (Fsp3) is 0.385. The van der Waals surface area contributed by atoms with Crippen LogP contribution in [0.5, 0.6) is 5.75 Å². The third kappa shape index (κ3) is 4.04. The Bertz CT molecular complexity index is 443. The molecule has 0 spiro atoms. The molecule has 0 aliphatic carbocycles. The average Bonchev–Trinajstić information content (AvgIpc) is 2.38. The minimum absolute atomic E-state index is 0.580. The van der Waals surface area contributed by atoms with Crippen molar-refractivity contribution in [2.45, 2.75) is 19.3 Å². The zero-order valence-corrected chi connectivity index (χ0v) is 9.86. The van der Waals surface area contributed by atoms with Crippen LogP contribution in [0.4, 0.5) is 5.69 Å². The highest BCUT2D eigenvalue weighted by Gasteiger charge is 2.03. The van der Waals surface area contributed by atoms with Crippen LogP contribution in [-0.4, -0.2) is 13.7 Å². The summed E-state index contributed by atoms with van der Waals surface area (Å²) in [5.74, 6) is 0.671. The second kappa shape index (κ2) is 7.14. The highest BCUT2D eigenvalue weighted by molar-refractivity contribution is 5.59. The number of anilines is 1. The molecule has 0 aliphatic heterocycles. The van der Waals surface area contributed by atoms with E-state index in [9.17, 15) is 0 Å². The van der Waals surface area contributed by atoms with E-state index in [-0.39, 0.29) is 0 Å². The summed E-state index contributed by atoms with van der Waals surface area (Å²) in [4.78, 5) is 0. The summed E-state index contributed by atoms with van der Waals surface area (Å²) in [6.45, 7) is 0.796. The Morgan fingerprint density at radius 3 is 2.76 bits per heavy atom. The third-order valence-electron chi connectivity index (χ3n) is 2.36. The van der Waals surface area contributed by atoms with Crippen molar-refractivity contribution in [3.05, 3.63) is 23.8 Å². The first kappa shape index (κ1) is 12.9. The molecule has 0 bridgehead atoms. The van der Waals surface area contributed by atoms with Gasteiger partial charge in [0.15, 0.2) is 0 Å². The van der Waals surface area contributed by atoms with Crippen LogP contribution in [0.1, 0.15) is 24.8 Å². The summed E-state index contributed by atoms with van der Waals surface area (Å²) >= 11 is 0. The van der Waals surface area contributed by atoms with Gasteiger partial charge in [-0.05, 0) is 25.0 Å². The molecule has 0 unspecified atom stereocenters. The van der Waals surface area contributed by atoms with E-state index in [1.54, 1.807) is 19.2 Å². The maximum absolute atomic E-state index is 8.77. The van der Waals surface area contributed by atoms with Gasteiger partial charge in [0.05, 0.1) is 30.5 Å².